The Balaban J connectivity index is 1.22. The van der Waals surface area contributed by atoms with Crippen molar-refractivity contribution in [1.82, 2.24) is 0 Å². The Morgan fingerprint density at radius 1 is 0.340 bits per heavy atom. The molecule has 0 radical (unpaired) electrons. The molecule has 4 heteroatoms. The fraction of sp³-hybridized carbons (Fsp3) is 0. The summed E-state index contributed by atoms with van der Waals surface area (Å²) in [5.74, 6) is 0. The van der Waals surface area contributed by atoms with Crippen molar-refractivity contribution >= 4 is 93.7 Å². The van der Waals surface area contributed by atoms with Gasteiger partial charge in [0.05, 0.1) is 22.1 Å². The van der Waals surface area contributed by atoms with Gasteiger partial charge in [0.15, 0.2) is 5.58 Å². The fourth-order valence-electron chi connectivity index (χ4n) is 7.74. The van der Waals surface area contributed by atoms with Gasteiger partial charge in [0.1, 0.15) is 27.9 Å². The number of hydrogen-bond donors (Lipinski definition) is 0. The summed E-state index contributed by atoms with van der Waals surface area (Å²) in [6.45, 7) is 0. The summed E-state index contributed by atoms with van der Waals surface area (Å²) < 4.78 is 20.0. The Hall–Kier alpha value is -6.78. The molecular formula is C46H27NO3. The third kappa shape index (κ3) is 3.93. The number of nitrogens with zero attached hydrogens (tertiary/aromatic N) is 1. The minimum absolute atomic E-state index is 0.766. The first-order valence-corrected chi connectivity index (χ1v) is 16.8. The zero-order valence-corrected chi connectivity index (χ0v) is 26.8. The largest absolute Gasteiger partial charge is 0.456 e. The van der Waals surface area contributed by atoms with E-state index >= 15 is 0 Å². The molecule has 0 atom stereocenters. The van der Waals surface area contributed by atoms with Crippen LogP contribution in [0.25, 0.3) is 87.7 Å². The van der Waals surface area contributed by atoms with Crippen molar-refractivity contribution < 1.29 is 13.3 Å². The standard InChI is InChI=1S/C46H27NO3/c1-2-11-30-26-31(21-20-28(30)10-1)29-22-24-32(25-23-29)47(37-16-9-15-34-33-12-3-6-17-39(33)49-45(34)37)38-27-42-44(36-14-5-7-18-40(36)48-42)46-43(38)35-13-4-8-19-41(35)50-46/h1-27H. The van der Waals surface area contributed by atoms with Crippen LogP contribution >= 0.6 is 0 Å². The lowest BCUT2D eigenvalue weighted by molar-refractivity contribution is 0.662. The van der Waals surface area contributed by atoms with Crippen LogP contribution < -0.4 is 4.90 Å². The maximum atomic E-state index is 6.73. The highest BCUT2D eigenvalue weighted by molar-refractivity contribution is 6.27. The van der Waals surface area contributed by atoms with Crippen LogP contribution in [0, 0.1) is 0 Å². The highest BCUT2D eigenvalue weighted by atomic mass is 16.3. The molecule has 0 amide bonds. The zero-order chi connectivity index (χ0) is 32.8. The van der Waals surface area contributed by atoms with E-state index in [-0.39, 0.29) is 0 Å². The summed E-state index contributed by atoms with van der Waals surface area (Å²) in [5.41, 5.74) is 10.1. The van der Waals surface area contributed by atoms with Crippen LogP contribution in [0.5, 0.6) is 0 Å². The van der Waals surface area contributed by atoms with E-state index in [9.17, 15) is 0 Å². The van der Waals surface area contributed by atoms with Crippen molar-refractivity contribution in [2.45, 2.75) is 0 Å². The molecule has 11 aromatic rings. The van der Waals surface area contributed by atoms with E-state index < -0.39 is 0 Å². The summed E-state index contributed by atoms with van der Waals surface area (Å²) in [6.07, 6.45) is 0. The van der Waals surface area contributed by atoms with Crippen LogP contribution in [0.15, 0.2) is 177 Å². The van der Waals surface area contributed by atoms with Gasteiger partial charge in [-0.2, -0.15) is 0 Å². The lowest BCUT2D eigenvalue weighted by Gasteiger charge is -2.26. The maximum absolute atomic E-state index is 6.73. The van der Waals surface area contributed by atoms with Crippen molar-refractivity contribution in [2.75, 3.05) is 4.90 Å². The number of benzene rings is 8. The summed E-state index contributed by atoms with van der Waals surface area (Å²) in [4.78, 5) is 2.30. The van der Waals surface area contributed by atoms with Gasteiger partial charge in [0.2, 0.25) is 0 Å². The van der Waals surface area contributed by atoms with Crippen molar-refractivity contribution in [3.05, 3.63) is 164 Å². The van der Waals surface area contributed by atoms with Gasteiger partial charge in [0.25, 0.3) is 0 Å². The van der Waals surface area contributed by atoms with Crippen LogP contribution in [0.2, 0.25) is 0 Å². The molecule has 0 bridgehead atoms. The predicted molar refractivity (Wildman–Crippen MR) is 206 cm³/mol. The second-order valence-electron chi connectivity index (χ2n) is 12.9. The van der Waals surface area contributed by atoms with Crippen molar-refractivity contribution in [3.8, 4) is 11.1 Å². The fourth-order valence-corrected chi connectivity index (χ4v) is 7.74. The van der Waals surface area contributed by atoms with Crippen molar-refractivity contribution in [1.29, 1.82) is 0 Å². The SMILES string of the molecule is c1ccc2cc(-c3ccc(N(c4cccc5c4oc4ccccc45)c4cc5oc6ccccc6c5c5oc6ccccc6c45)cc3)ccc2c1. The first-order valence-electron chi connectivity index (χ1n) is 16.8. The van der Waals surface area contributed by atoms with E-state index in [0.717, 1.165) is 88.4 Å². The normalized spacial score (nSPS) is 12.0. The van der Waals surface area contributed by atoms with E-state index in [1.54, 1.807) is 0 Å². The number of anilines is 3. The van der Waals surface area contributed by atoms with Crippen LogP contribution in [0.4, 0.5) is 17.1 Å². The van der Waals surface area contributed by atoms with E-state index in [4.69, 9.17) is 13.3 Å². The van der Waals surface area contributed by atoms with E-state index in [2.05, 4.69) is 126 Å². The quantitative estimate of drug-likeness (QED) is 0.192. The molecule has 4 nitrogen and oxygen atoms in total. The molecule has 234 valence electrons. The zero-order valence-electron chi connectivity index (χ0n) is 26.8. The molecule has 0 saturated heterocycles. The van der Waals surface area contributed by atoms with Gasteiger partial charge in [-0.15, -0.1) is 0 Å². The summed E-state index contributed by atoms with van der Waals surface area (Å²) in [6, 6.07) is 57.2. The molecule has 0 unspecified atom stereocenters. The molecule has 0 fully saturated rings. The lowest BCUT2D eigenvalue weighted by Crippen LogP contribution is -2.10. The lowest BCUT2D eigenvalue weighted by atomic mass is 10.00. The molecule has 0 aliphatic heterocycles. The molecule has 3 heterocycles. The summed E-state index contributed by atoms with van der Waals surface area (Å²) >= 11 is 0. The second kappa shape index (κ2) is 10.4. The number of para-hydroxylation sites is 4. The number of hydrogen-bond acceptors (Lipinski definition) is 4. The van der Waals surface area contributed by atoms with Crippen LogP contribution in [0.3, 0.4) is 0 Å². The third-order valence-electron chi connectivity index (χ3n) is 10.0. The highest BCUT2D eigenvalue weighted by Gasteiger charge is 2.26. The molecule has 8 aromatic carbocycles. The minimum Gasteiger partial charge on any atom is -0.456 e. The number of rotatable bonds is 4. The molecule has 0 aliphatic rings. The molecule has 0 N–H and O–H groups in total. The number of furan rings is 3. The van der Waals surface area contributed by atoms with Crippen molar-refractivity contribution in [3.63, 3.8) is 0 Å². The summed E-state index contributed by atoms with van der Waals surface area (Å²) in [7, 11) is 0. The number of fused-ring (bicyclic) bond motifs is 11. The van der Waals surface area contributed by atoms with Gasteiger partial charge in [-0.25, -0.2) is 0 Å². The van der Waals surface area contributed by atoms with Gasteiger partial charge in [-0.05, 0) is 64.4 Å². The van der Waals surface area contributed by atoms with E-state index in [1.165, 1.54) is 16.3 Å². The van der Waals surface area contributed by atoms with Crippen LogP contribution in [-0.4, -0.2) is 0 Å². The third-order valence-corrected chi connectivity index (χ3v) is 10.0. The first kappa shape index (κ1) is 27.2. The average molecular weight is 642 g/mol. The minimum atomic E-state index is 0.766. The molecule has 0 aliphatic carbocycles. The van der Waals surface area contributed by atoms with E-state index in [1.807, 2.05) is 42.5 Å². The van der Waals surface area contributed by atoms with Crippen LogP contribution in [-0.2, 0) is 0 Å². The predicted octanol–water partition coefficient (Wildman–Crippen LogP) is 13.7. The molecule has 0 saturated carbocycles. The summed E-state index contributed by atoms with van der Waals surface area (Å²) in [5, 5.41) is 8.67. The average Bonchev–Trinajstić information content (AvgIpc) is 3.87. The Morgan fingerprint density at radius 3 is 1.74 bits per heavy atom. The van der Waals surface area contributed by atoms with Gasteiger partial charge < -0.3 is 18.2 Å². The maximum Gasteiger partial charge on any atom is 0.159 e. The first-order chi connectivity index (χ1) is 24.8. The van der Waals surface area contributed by atoms with Gasteiger partial charge in [0, 0.05) is 33.3 Å². The molecule has 0 spiro atoms. The topological polar surface area (TPSA) is 42.7 Å². The smallest absolute Gasteiger partial charge is 0.159 e. The molecule has 50 heavy (non-hydrogen) atoms. The van der Waals surface area contributed by atoms with E-state index in [0.29, 0.717) is 0 Å². The Morgan fingerprint density at radius 2 is 0.940 bits per heavy atom. The van der Waals surface area contributed by atoms with Crippen molar-refractivity contribution in [2.24, 2.45) is 0 Å². The Bertz CT molecular complexity index is 3110. The van der Waals surface area contributed by atoms with Gasteiger partial charge >= 0.3 is 0 Å². The molecule has 11 rings (SSSR count). The Kier molecular flexibility index (Phi) is 5.63. The second-order valence-corrected chi connectivity index (χ2v) is 12.9. The van der Waals surface area contributed by atoms with Crippen LogP contribution in [0.1, 0.15) is 0 Å². The van der Waals surface area contributed by atoms with Gasteiger partial charge in [-0.3, -0.25) is 0 Å². The monoisotopic (exact) mass is 641 g/mol. The Labute approximate surface area is 286 Å². The highest BCUT2D eigenvalue weighted by Crippen LogP contribution is 2.50. The van der Waals surface area contributed by atoms with Gasteiger partial charge in [-0.1, -0.05) is 115 Å². The molecular weight excluding hydrogens is 615 g/mol. The molecule has 3 aromatic heterocycles.